The zero-order chi connectivity index (χ0) is 19.8. The van der Waals surface area contributed by atoms with Crippen LogP contribution in [0.2, 0.25) is 0 Å². The van der Waals surface area contributed by atoms with Gasteiger partial charge in [-0.25, -0.2) is 0 Å². The fraction of sp³-hybridized carbons (Fsp3) is 0.600. The summed E-state index contributed by atoms with van der Waals surface area (Å²) in [7, 11) is -9.35. The molecule has 0 heterocycles. The first-order valence-electron chi connectivity index (χ1n) is 8.10. The first-order valence-corrected chi connectivity index (χ1v) is 11.6. The molecule has 1 aromatic carbocycles. The van der Waals surface area contributed by atoms with Crippen molar-refractivity contribution in [3.05, 3.63) is 34.9 Å². The molecule has 0 aliphatic rings. The summed E-state index contributed by atoms with van der Waals surface area (Å²) in [6.07, 6.45) is -1.15. The maximum absolute atomic E-state index is 10.9. The van der Waals surface area contributed by atoms with E-state index in [0.29, 0.717) is 36.3 Å². The Balaban J connectivity index is -0.000000845. The van der Waals surface area contributed by atoms with Crippen LogP contribution < -0.4 is 138 Å². The van der Waals surface area contributed by atoms with E-state index >= 15 is 0 Å². The number of nitrogens with zero attached hydrogens (tertiary/aromatic N) is 1. The molecule has 0 spiro atoms. The van der Waals surface area contributed by atoms with Gasteiger partial charge in [-0.15, -0.1) is 0 Å². The average Bonchev–Trinajstić information content (AvgIpc) is 2.50. The topological polar surface area (TPSA) is 170 Å². The second-order valence-corrected chi connectivity index (χ2v) is 9.39. The van der Waals surface area contributed by atoms with E-state index in [1.807, 2.05) is 0 Å². The van der Waals surface area contributed by atoms with Crippen molar-refractivity contribution in [2.45, 2.75) is 19.4 Å². The number of rotatable bonds is 12. The molecule has 0 aliphatic heterocycles. The van der Waals surface area contributed by atoms with Crippen molar-refractivity contribution in [2.24, 2.45) is 0 Å². The fourth-order valence-corrected chi connectivity index (χ4v) is 3.63. The van der Waals surface area contributed by atoms with Gasteiger partial charge in [-0.2, -0.15) is 0 Å². The molecule has 0 atom stereocenters. The standard InChI is InChI=1S/C15H27NO8P2.4Na/c17-5-3-16(4-6-18)12-15-10-13(1-7-25(19,20)21)9-14(11-15)2-8-26(22,23)24;;;;/h9-11,17-18H,1-8,12H2,(H2,19,20,21)(H2,22,23,24);;;;/q;4*+1/p-4. The minimum Gasteiger partial charge on any atom is -0.811 e. The summed E-state index contributed by atoms with van der Waals surface area (Å²) in [6.45, 7) is 0.732. The van der Waals surface area contributed by atoms with Gasteiger partial charge in [0.05, 0.1) is 13.2 Å². The van der Waals surface area contributed by atoms with Crippen LogP contribution in [0.3, 0.4) is 0 Å². The Morgan fingerprint density at radius 1 is 0.700 bits per heavy atom. The van der Waals surface area contributed by atoms with Gasteiger partial charge in [-0.3, -0.25) is 4.90 Å². The van der Waals surface area contributed by atoms with Gasteiger partial charge in [0.25, 0.3) is 0 Å². The van der Waals surface area contributed by atoms with Crippen molar-refractivity contribution < 1.29 is 157 Å². The Hall–Kier alpha value is 3.40. The van der Waals surface area contributed by atoms with Crippen LogP contribution in [0.4, 0.5) is 0 Å². The van der Waals surface area contributed by atoms with E-state index in [1.54, 1.807) is 23.1 Å². The first kappa shape index (κ1) is 40.6. The summed E-state index contributed by atoms with van der Waals surface area (Å²) < 4.78 is 21.7. The molecule has 0 fully saturated rings. The third-order valence-electron chi connectivity index (χ3n) is 3.70. The number of hydrogen-bond acceptors (Lipinski definition) is 9. The summed E-state index contributed by atoms with van der Waals surface area (Å²) in [5, 5.41) is 18.1. The van der Waals surface area contributed by atoms with E-state index in [0.717, 1.165) is 0 Å². The molecule has 0 bridgehead atoms. The quantitative estimate of drug-likeness (QED) is 0.209. The van der Waals surface area contributed by atoms with Crippen LogP contribution in [-0.2, 0) is 28.5 Å². The van der Waals surface area contributed by atoms with Gasteiger partial charge >= 0.3 is 118 Å². The Morgan fingerprint density at radius 3 is 1.33 bits per heavy atom. The SMILES string of the molecule is O=P([O-])([O-])CCc1cc(CCP(=O)([O-])[O-])cc(CN(CCO)CCO)c1.[Na+].[Na+].[Na+].[Na+]. The molecule has 150 valence electrons. The van der Waals surface area contributed by atoms with Gasteiger partial charge in [-0.1, -0.05) is 33.4 Å². The second kappa shape index (κ2) is 20.6. The van der Waals surface area contributed by atoms with Crippen LogP contribution in [0.15, 0.2) is 18.2 Å². The smallest absolute Gasteiger partial charge is 0.811 e. The largest absolute Gasteiger partial charge is 1.00 e. The van der Waals surface area contributed by atoms with Crippen molar-refractivity contribution in [1.82, 2.24) is 4.90 Å². The first-order chi connectivity index (χ1) is 12.0. The van der Waals surface area contributed by atoms with Crippen LogP contribution >= 0.6 is 15.2 Å². The molecule has 30 heavy (non-hydrogen) atoms. The third kappa shape index (κ3) is 20.7. The molecule has 1 rings (SSSR count). The van der Waals surface area contributed by atoms with Gasteiger partial charge in [-0.05, 0) is 41.9 Å². The Bertz CT molecular complexity index is 624. The maximum Gasteiger partial charge on any atom is 1.00 e. The van der Waals surface area contributed by atoms with Crippen molar-refractivity contribution in [3.63, 3.8) is 0 Å². The monoisotopic (exact) mass is 499 g/mol. The van der Waals surface area contributed by atoms with E-state index in [4.69, 9.17) is 10.2 Å². The number of aliphatic hydroxyl groups excluding tert-OH is 2. The van der Waals surface area contributed by atoms with Gasteiger partial charge in [0.1, 0.15) is 0 Å². The maximum atomic E-state index is 10.9. The minimum absolute atomic E-state index is 0. The molecule has 0 unspecified atom stereocenters. The van der Waals surface area contributed by atoms with E-state index in [-0.39, 0.29) is 144 Å². The summed E-state index contributed by atoms with van der Waals surface area (Å²) in [4.78, 5) is 45.2. The molecule has 15 heteroatoms. The van der Waals surface area contributed by atoms with Crippen molar-refractivity contribution in [1.29, 1.82) is 0 Å². The second-order valence-electron chi connectivity index (χ2n) is 6.05. The minimum atomic E-state index is -4.67. The molecule has 0 amide bonds. The van der Waals surface area contributed by atoms with E-state index in [2.05, 4.69) is 0 Å². The summed E-state index contributed by atoms with van der Waals surface area (Å²) in [6, 6.07) is 4.96. The number of aryl methyl sites for hydroxylation is 2. The van der Waals surface area contributed by atoms with Crippen LogP contribution in [0.25, 0.3) is 0 Å². The normalized spacial score (nSPS) is 11.0. The Morgan fingerprint density at radius 2 is 1.03 bits per heavy atom. The summed E-state index contributed by atoms with van der Waals surface area (Å²) >= 11 is 0. The molecule has 2 N–H and O–H groups in total. The van der Waals surface area contributed by atoms with Crippen LogP contribution in [0.1, 0.15) is 16.7 Å². The van der Waals surface area contributed by atoms with Crippen LogP contribution in [0, 0.1) is 0 Å². The predicted octanol–water partition coefficient (Wildman–Crippen LogP) is -14.6. The fourth-order valence-electron chi connectivity index (χ4n) is 2.56. The average molecular weight is 499 g/mol. The molecule has 0 aromatic heterocycles. The summed E-state index contributed by atoms with van der Waals surface area (Å²) in [5.74, 6) is 0. The molecule has 0 aliphatic carbocycles. The van der Waals surface area contributed by atoms with Gasteiger partial charge in [0.2, 0.25) is 0 Å². The predicted molar refractivity (Wildman–Crippen MR) is 88.2 cm³/mol. The van der Waals surface area contributed by atoms with Gasteiger partial charge in [0.15, 0.2) is 0 Å². The molecule has 9 nitrogen and oxygen atoms in total. The summed E-state index contributed by atoms with van der Waals surface area (Å²) in [5.41, 5.74) is 1.80. The molecule has 1 aromatic rings. The van der Waals surface area contributed by atoms with E-state index < -0.39 is 27.5 Å². The Labute approximate surface area is 266 Å². The Kier molecular flexibility index (Phi) is 27.8. The van der Waals surface area contributed by atoms with Gasteiger partial charge in [0, 0.05) is 19.6 Å². The molecule has 0 saturated carbocycles. The van der Waals surface area contributed by atoms with Crippen molar-refractivity contribution >= 4 is 15.2 Å². The molecular formula is C15H23NNa4O8P2. The third-order valence-corrected chi connectivity index (χ3v) is 5.24. The number of benzene rings is 1. The van der Waals surface area contributed by atoms with Crippen LogP contribution in [-0.4, -0.2) is 53.7 Å². The van der Waals surface area contributed by atoms with Crippen molar-refractivity contribution in [3.8, 4) is 0 Å². The van der Waals surface area contributed by atoms with Crippen LogP contribution in [0.5, 0.6) is 0 Å². The number of aliphatic hydroxyl groups is 2. The number of hydrogen-bond donors (Lipinski definition) is 2. The molecule has 0 saturated heterocycles. The molecular weight excluding hydrogens is 476 g/mol. The van der Waals surface area contributed by atoms with E-state index in [9.17, 15) is 28.7 Å². The van der Waals surface area contributed by atoms with Crippen molar-refractivity contribution in [2.75, 3.05) is 38.6 Å². The zero-order valence-corrected chi connectivity index (χ0v) is 28.1. The zero-order valence-electron chi connectivity index (χ0n) is 18.3. The van der Waals surface area contributed by atoms with Gasteiger partial charge < -0.3 is 38.9 Å². The van der Waals surface area contributed by atoms with E-state index in [1.165, 1.54) is 0 Å². The molecule has 0 radical (unpaired) electrons.